The Hall–Kier alpha value is -1.95. The van der Waals surface area contributed by atoms with E-state index in [-0.39, 0.29) is 23.5 Å². The number of hydrogen-bond donors (Lipinski definition) is 1. The van der Waals surface area contributed by atoms with Gasteiger partial charge in [-0.05, 0) is 18.9 Å². The van der Waals surface area contributed by atoms with Crippen LogP contribution in [0, 0.1) is 11.8 Å². The zero-order valence-electron chi connectivity index (χ0n) is 10.7. The zero-order chi connectivity index (χ0) is 13.9. The summed E-state index contributed by atoms with van der Waals surface area (Å²) in [6, 6.07) is 0. The number of rotatable bonds is 2. The maximum absolute atomic E-state index is 12.2. The van der Waals surface area contributed by atoms with Crippen LogP contribution in [-0.4, -0.2) is 23.3 Å². The number of ether oxygens (including phenoxy) is 1. The minimum Gasteiger partial charge on any atom is -0.497 e. The highest BCUT2D eigenvalue weighted by Crippen LogP contribution is 2.31. The first-order valence-electron chi connectivity index (χ1n) is 6.49. The van der Waals surface area contributed by atoms with E-state index in [4.69, 9.17) is 4.74 Å². The van der Waals surface area contributed by atoms with E-state index < -0.39 is 0 Å². The van der Waals surface area contributed by atoms with Crippen LogP contribution in [0.25, 0.3) is 0 Å². The molecule has 0 spiro atoms. The van der Waals surface area contributed by atoms with Crippen molar-refractivity contribution in [1.29, 1.82) is 0 Å². The topological polar surface area (TPSA) is 68.3 Å². The van der Waals surface area contributed by atoms with E-state index in [2.05, 4.69) is 10.3 Å². The molecule has 0 aromatic carbocycles. The van der Waals surface area contributed by atoms with Crippen molar-refractivity contribution in [3.63, 3.8) is 0 Å². The highest BCUT2D eigenvalue weighted by molar-refractivity contribution is 7.13. The van der Waals surface area contributed by atoms with E-state index >= 15 is 0 Å². The van der Waals surface area contributed by atoms with E-state index in [1.54, 1.807) is 12.3 Å². The van der Waals surface area contributed by atoms with E-state index in [1.165, 1.54) is 17.4 Å². The van der Waals surface area contributed by atoms with Gasteiger partial charge in [-0.1, -0.05) is 6.08 Å². The standard InChI is InChI=1S/C14H14N2O3S/c17-11-2-1-9-7-10(3-5-19-12(9)8-11)13(18)16-14-15-4-6-20-14/h1-2,4,6,8-10H,3,5,7H2,(H,15,16,18). The van der Waals surface area contributed by atoms with Crippen molar-refractivity contribution in [1.82, 2.24) is 4.98 Å². The molecule has 1 saturated heterocycles. The van der Waals surface area contributed by atoms with Gasteiger partial charge < -0.3 is 10.1 Å². The number of carbonyl (C=O) groups is 2. The summed E-state index contributed by atoms with van der Waals surface area (Å²) in [5.41, 5.74) is 0. The Labute approximate surface area is 120 Å². The molecule has 2 unspecified atom stereocenters. The molecule has 2 atom stereocenters. The molecule has 1 aromatic heterocycles. The molecule has 20 heavy (non-hydrogen) atoms. The van der Waals surface area contributed by atoms with Crippen LogP contribution in [0.3, 0.4) is 0 Å². The van der Waals surface area contributed by atoms with Crippen molar-refractivity contribution in [3.05, 3.63) is 35.6 Å². The molecule has 5 nitrogen and oxygen atoms in total. The molecule has 1 fully saturated rings. The van der Waals surface area contributed by atoms with Crippen LogP contribution in [-0.2, 0) is 14.3 Å². The van der Waals surface area contributed by atoms with Crippen LogP contribution in [0.15, 0.2) is 35.6 Å². The first kappa shape index (κ1) is 13.1. The fourth-order valence-electron chi connectivity index (χ4n) is 2.42. The molecule has 0 radical (unpaired) electrons. The van der Waals surface area contributed by atoms with Gasteiger partial charge in [0.1, 0.15) is 5.76 Å². The molecular weight excluding hydrogens is 276 g/mol. The fourth-order valence-corrected chi connectivity index (χ4v) is 2.95. The number of hydrogen-bond acceptors (Lipinski definition) is 5. The van der Waals surface area contributed by atoms with Crippen molar-refractivity contribution in [3.8, 4) is 0 Å². The van der Waals surface area contributed by atoms with Crippen LogP contribution in [0.4, 0.5) is 5.13 Å². The van der Waals surface area contributed by atoms with Crippen molar-refractivity contribution in [2.45, 2.75) is 12.8 Å². The summed E-state index contributed by atoms with van der Waals surface area (Å²) in [4.78, 5) is 27.6. The minimum atomic E-state index is -0.132. The summed E-state index contributed by atoms with van der Waals surface area (Å²) in [6.45, 7) is 0.458. The number of fused-ring (bicyclic) bond motifs is 1. The lowest BCUT2D eigenvalue weighted by atomic mass is 9.89. The van der Waals surface area contributed by atoms with Crippen LogP contribution in [0.1, 0.15) is 12.8 Å². The summed E-state index contributed by atoms with van der Waals surface area (Å²) >= 11 is 1.40. The predicted octanol–water partition coefficient (Wildman–Crippen LogP) is 2.15. The number of carbonyl (C=O) groups excluding carboxylic acids is 2. The third kappa shape index (κ3) is 2.80. The molecule has 2 aliphatic rings. The summed E-state index contributed by atoms with van der Waals surface area (Å²) in [7, 11) is 0. The number of nitrogens with zero attached hydrogens (tertiary/aromatic N) is 1. The monoisotopic (exact) mass is 290 g/mol. The normalized spacial score (nSPS) is 25.2. The Morgan fingerprint density at radius 3 is 3.20 bits per heavy atom. The van der Waals surface area contributed by atoms with Crippen molar-refractivity contribution >= 4 is 28.2 Å². The molecular formula is C14H14N2O3S. The Bertz CT molecular complexity index is 577. The summed E-state index contributed by atoms with van der Waals surface area (Å²) in [5, 5.41) is 5.26. The average molecular weight is 290 g/mol. The molecule has 1 N–H and O–H groups in total. The predicted molar refractivity (Wildman–Crippen MR) is 75.1 cm³/mol. The van der Waals surface area contributed by atoms with Gasteiger partial charge in [-0.3, -0.25) is 9.59 Å². The van der Waals surface area contributed by atoms with Crippen molar-refractivity contribution < 1.29 is 14.3 Å². The van der Waals surface area contributed by atoms with Gasteiger partial charge in [0, 0.05) is 29.5 Å². The molecule has 3 rings (SSSR count). The van der Waals surface area contributed by atoms with E-state index in [1.807, 2.05) is 11.5 Å². The van der Waals surface area contributed by atoms with Crippen LogP contribution < -0.4 is 5.32 Å². The third-order valence-corrected chi connectivity index (χ3v) is 4.14. The highest BCUT2D eigenvalue weighted by Gasteiger charge is 2.30. The van der Waals surface area contributed by atoms with Gasteiger partial charge >= 0.3 is 0 Å². The smallest absolute Gasteiger partial charge is 0.229 e. The van der Waals surface area contributed by atoms with Crippen molar-refractivity contribution in [2.24, 2.45) is 11.8 Å². The number of nitrogens with one attached hydrogen (secondary N) is 1. The third-order valence-electron chi connectivity index (χ3n) is 3.45. The maximum Gasteiger partial charge on any atom is 0.229 e. The van der Waals surface area contributed by atoms with E-state index in [0.29, 0.717) is 30.3 Å². The van der Waals surface area contributed by atoms with Gasteiger partial charge in [0.25, 0.3) is 0 Å². The van der Waals surface area contributed by atoms with Crippen LogP contribution in [0.2, 0.25) is 0 Å². The number of allylic oxidation sites excluding steroid dienone is 3. The first-order chi connectivity index (χ1) is 9.72. The van der Waals surface area contributed by atoms with Gasteiger partial charge in [0.15, 0.2) is 10.9 Å². The van der Waals surface area contributed by atoms with Gasteiger partial charge in [-0.15, -0.1) is 11.3 Å². The number of anilines is 1. The van der Waals surface area contributed by atoms with Gasteiger partial charge in [0.2, 0.25) is 5.91 Å². The Balaban J connectivity index is 1.69. The van der Waals surface area contributed by atoms with Crippen LogP contribution >= 0.6 is 11.3 Å². The van der Waals surface area contributed by atoms with Crippen LogP contribution in [0.5, 0.6) is 0 Å². The summed E-state index contributed by atoms with van der Waals surface area (Å²) < 4.78 is 5.59. The number of aromatic nitrogens is 1. The Kier molecular flexibility index (Phi) is 3.64. The molecule has 2 heterocycles. The second-order valence-electron chi connectivity index (χ2n) is 4.81. The molecule has 104 valence electrons. The number of amides is 1. The quantitative estimate of drug-likeness (QED) is 0.906. The zero-order valence-corrected chi connectivity index (χ0v) is 11.6. The van der Waals surface area contributed by atoms with Gasteiger partial charge in [-0.25, -0.2) is 4.98 Å². The lowest BCUT2D eigenvalue weighted by Crippen LogP contribution is -2.24. The van der Waals surface area contributed by atoms with Crippen molar-refractivity contribution in [2.75, 3.05) is 11.9 Å². The fraction of sp³-hybridized carbons (Fsp3) is 0.357. The molecule has 1 amide bonds. The molecule has 0 bridgehead atoms. The van der Waals surface area contributed by atoms with Gasteiger partial charge in [-0.2, -0.15) is 0 Å². The molecule has 1 aromatic rings. The maximum atomic E-state index is 12.2. The van der Waals surface area contributed by atoms with E-state index in [0.717, 1.165) is 0 Å². The second-order valence-corrected chi connectivity index (χ2v) is 5.71. The summed E-state index contributed by atoms with van der Waals surface area (Å²) in [6.07, 6.45) is 7.85. The minimum absolute atomic E-state index is 0.0160. The van der Waals surface area contributed by atoms with Gasteiger partial charge in [0.05, 0.1) is 6.61 Å². The first-order valence-corrected chi connectivity index (χ1v) is 7.37. The number of thiazole rings is 1. The molecule has 0 saturated carbocycles. The van der Waals surface area contributed by atoms with E-state index in [9.17, 15) is 9.59 Å². The largest absolute Gasteiger partial charge is 0.497 e. The molecule has 1 aliphatic heterocycles. The highest BCUT2D eigenvalue weighted by atomic mass is 32.1. The molecule has 6 heteroatoms. The lowest BCUT2D eigenvalue weighted by molar-refractivity contribution is -0.120. The second kappa shape index (κ2) is 5.58. The number of ketones is 1. The molecule has 1 aliphatic carbocycles. The SMILES string of the molecule is O=C1C=CC2CC(C(=O)Nc3nccs3)CCOC2=C1. The lowest BCUT2D eigenvalue weighted by Gasteiger charge is -2.18. The average Bonchev–Trinajstić information content (AvgIpc) is 2.83. The Morgan fingerprint density at radius 1 is 1.50 bits per heavy atom. The summed E-state index contributed by atoms with van der Waals surface area (Å²) in [5.74, 6) is 0.481. The Morgan fingerprint density at radius 2 is 2.40 bits per heavy atom.